The van der Waals surface area contributed by atoms with E-state index in [1.807, 2.05) is 0 Å². The van der Waals surface area contributed by atoms with Crippen molar-refractivity contribution in [1.82, 2.24) is 0 Å². The Hall–Kier alpha value is -1.37. The van der Waals surface area contributed by atoms with Crippen LogP contribution in [0.25, 0.3) is 0 Å². The molecule has 110 valence electrons. The molecule has 1 nitrogen and oxygen atoms in total. The minimum Gasteiger partial charge on any atom is -0.299 e. The van der Waals surface area contributed by atoms with Gasteiger partial charge in [0.2, 0.25) is 0 Å². The van der Waals surface area contributed by atoms with Crippen LogP contribution >= 0.6 is 0 Å². The van der Waals surface area contributed by atoms with Crippen molar-refractivity contribution >= 4 is 5.78 Å². The summed E-state index contributed by atoms with van der Waals surface area (Å²) in [6.45, 7) is 0. The van der Waals surface area contributed by atoms with Gasteiger partial charge in [0, 0.05) is 12.3 Å². The monoisotopic (exact) mass is 280 g/mol. The summed E-state index contributed by atoms with van der Waals surface area (Å²) in [6.07, 6.45) is 12.9. The largest absolute Gasteiger partial charge is 0.299 e. The average molecular weight is 280 g/mol. The molecule has 1 spiro atoms. The van der Waals surface area contributed by atoms with Crippen LogP contribution < -0.4 is 0 Å². The van der Waals surface area contributed by atoms with Crippen molar-refractivity contribution in [3.05, 3.63) is 48.0 Å². The van der Waals surface area contributed by atoms with Crippen LogP contribution in [0.15, 0.2) is 42.5 Å². The first-order chi connectivity index (χ1) is 10.3. The van der Waals surface area contributed by atoms with Gasteiger partial charge in [-0.25, -0.2) is 0 Å². The zero-order chi connectivity index (χ0) is 14.3. The van der Waals surface area contributed by atoms with Crippen molar-refractivity contribution in [3.63, 3.8) is 0 Å². The molecule has 0 heterocycles. The molecule has 3 aliphatic rings. The lowest BCUT2D eigenvalue weighted by Crippen LogP contribution is -2.44. The summed E-state index contributed by atoms with van der Waals surface area (Å²) < 4.78 is 0. The number of ketones is 1. The molecule has 0 aromatic heterocycles. The van der Waals surface area contributed by atoms with E-state index < -0.39 is 0 Å². The molecule has 1 heteroatoms. The highest BCUT2D eigenvalue weighted by molar-refractivity contribution is 5.84. The van der Waals surface area contributed by atoms with Crippen LogP contribution in [0.3, 0.4) is 0 Å². The van der Waals surface area contributed by atoms with Gasteiger partial charge in [-0.15, -0.1) is 0 Å². The molecule has 2 saturated carbocycles. The van der Waals surface area contributed by atoms with Gasteiger partial charge in [0.25, 0.3) is 0 Å². The first-order valence-corrected chi connectivity index (χ1v) is 8.55. The van der Waals surface area contributed by atoms with Gasteiger partial charge in [-0.2, -0.15) is 0 Å². The van der Waals surface area contributed by atoms with E-state index in [0.717, 1.165) is 19.3 Å². The van der Waals surface area contributed by atoms with Crippen LogP contribution in [0.1, 0.15) is 56.4 Å². The fraction of sp³-hybridized carbons (Fsp3) is 0.550. The Morgan fingerprint density at radius 2 is 1.86 bits per heavy atom. The number of Topliss-reactive ketones (excluding diaryl/α,β-unsaturated/α-hetero) is 1. The maximum absolute atomic E-state index is 12.9. The Bertz CT molecular complexity index is 558. The number of allylic oxidation sites excluding steroid dienone is 2. The van der Waals surface area contributed by atoms with E-state index in [2.05, 4.69) is 42.5 Å². The summed E-state index contributed by atoms with van der Waals surface area (Å²) in [6, 6.07) is 10.8. The molecule has 1 aromatic rings. The molecule has 4 atom stereocenters. The molecule has 0 unspecified atom stereocenters. The second-order valence-electron chi connectivity index (χ2n) is 7.21. The number of rotatable bonds is 1. The maximum Gasteiger partial charge on any atom is 0.137 e. The van der Waals surface area contributed by atoms with Gasteiger partial charge in [0.1, 0.15) is 5.78 Å². The van der Waals surface area contributed by atoms with E-state index in [1.165, 1.54) is 31.2 Å². The molecule has 0 amide bonds. The zero-order valence-corrected chi connectivity index (χ0v) is 12.6. The Morgan fingerprint density at radius 1 is 1.05 bits per heavy atom. The molecular formula is C20H24O. The zero-order valence-electron chi connectivity index (χ0n) is 12.6. The fourth-order valence-corrected chi connectivity index (χ4v) is 5.51. The molecule has 0 saturated heterocycles. The molecule has 21 heavy (non-hydrogen) atoms. The van der Waals surface area contributed by atoms with Crippen LogP contribution in [0, 0.1) is 17.3 Å². The van der Waals surface area contributed by atoms with Gasteiger partial charge in [0.15, 0.2) is 0 Å². The van der Waals surface area contributed by atoms with Crippen molar-refractivity contribution in [2.24, 2.45) is 17.3 Å². The van der Waals surface area contributed by atoms with Crippen LogP contribution in [-0.4, -0.2) is 5.78 Å². The van der Waals surface area contributed by atoms with E-state index in [0.29, 0.717) is 17.6 Å². The van der Waals surface area contributed by atoms with E-state index in [4.69, 9.17) is 0 Å². The van der Waals surface area contributed by atoms with E-state index in [9.17, 15) is 4.79 Å². The molecule has 0 bridgehead atoms. The third kappa shape index (κ3) is 2.01. The Balaban J connectivity index is 1.81. The van der Waals surface area contributed by atoms with Crippen molar-refractivity contribution in [1.29, 1.82) is 0 Å². The van der Waals surface area contributed by atoms with Gasteiger partial charge >= 0.3 is 0 Å². The summed E-state index contributed by atoms with van der Waals surface area (Å²) >= 11 is 0. The topological polar surface area (TPSA) is 17.1 Å². The van der Waals surface area contributed by atoms with Gasteiger partial charge < -0.3 is 0 Å². The number of benzene rings is 1. The van der Waals surface area contributed by atoms with Crippen LogP contribution in [0.5, 0.6) is 0 Å². The summed E-state index contributed by atoms with van der Waals surface area (Å²) in [5, 5.41) is 0. The molecular weight excluding hydrogens is 256 g/mol. The van der Waals surface area contributed by atoms with Crippen LogP contribution in [0.2, 0.25) is 0 Å². The second kappa shape index (κ2) is 5.12. The first kappa shape index (κ1) is 13.3. The molecule has 4 rings (SSSR count). The highest BCUT2D eigenvalue weighted by Gasteiger charge is 2.54. The highest BCUT2D eigenvalue weighted by Crippen LogP contribution is 2.60. The minimum absolute atomic E-state index is 0.260. The van der Waals surface area contributed by atoms with E-state index >= 15 is 0 Å². The maximum atomic E-state index is 12.9. The summed E-state index contributed by atoms with van der Waals surface area (Å²) in [4.78, 5) is 12.9. The summed E-state index contributed by atoms with van der Waals surface area (Å²) in [5.74, 6) is 1.86. The SMILES string of the molecule is O=C1CCC[C@]23CCC[C@@H]2C=CC[C@H](c2ccccc2)[C@H]13. The third-order valence-corrected chi connectivity index (χ3v) is 6.32. The fourth-order valence-electron chi connectivity index (χ4n) is 5.51. The van der Waals surface area contributed by atoms with E-state index in [-0.39, 0.29) is 11.3 Å². The lowest BCUT2D eigenvalue weighted by molar-refractivity contribution is -0.133. The Kier molecular flexibility index (Phi) is 3.24. The minimum atomic E-state index is 0.260. The molecule has 2 fully saturated rings. The lowest BCUT2D eigenvalue weighted by Gasteiger charge is -2.46. The molecule has 1 aromatic carbocycles. The predicted octanol–water partition coefficient (Wildman–Crippen LogP) is 4.89. The van der Waals surface area contributed by atoms with Crippen molar-refractivity contribution in [3.8, 4) is 0 Å². The van der Waals surface area contributed by atoms with Crippen molar-refractivity contribution in [2.45, 2.75) is 50.9 Å². The highest BCUT2D eigenvalue weighted by atomic mass is 16.1. The number of carbonyl (C=O) groups excluding carboxylic acids is 1. The summed E-state index contributed by atoms with van der Waals surface area (Å²) in [7, 11) is 0. The first-order valence-electron chi connectivity index (χ1n) is 8.55. The number of hydrogen-bond donors (Lipinski definition) is 0. The van der Waals surface area contributed by atoms with Gasteiger partial charge in [-0.1, -0.05) is 48.9 Å². The van der Waals surface area contributed by atoms with Gasteiger partial charge in [0.05, 0.1) is 0 Å². The molecule has 0 aliphatic heterocycles. The van der Waals surface area contributed by atoms with Gasteiger partial charge in [-0.05, 0) is 54.9 Å². The lowest BCUT2D eigenvalue weighted by atomic mass is 9.56. The van der Waals surface area contributed by atoms with Crippen LogP contribution in [-0.2, 0) is 4.79 Å². The predicted molar refractivity (Wildman–Crippen MR) is 85.1 cm³/mol. The average Bonchev–Trinajstić information content (AvgIpc) is 2.81. The number of carbonyl (C=O) groups is 1. The van der Waals surface area contributed by atoms with Crippen LogP contribution in [0.4, 0.5) is 0 Å². The normalized spacial score (nSPS) is 38.7. The Morgan fingerprint density at radius 3 is 2.71 bits per heavy atom. The summed E-state index contributed by atoms with van der Waals surface area (Å²) in [5.41, 5.74) is 1.65. The second-order valence-corrected chi connectivity index (χ2v) is 7.21. The Labute approximate surface area is 127 Å². The van der Waals surface area contributed by atoms with Gasteiger partial charge in [-0.3, -0.25) is 4.79 Å². The smallest absolute Gasteiger partial charge is 0.137 e. The number of hydrogen-bond acceptors (Lipinski definition) is 1. The standard InChI is InChI=1S/C20H24O/c21-18-12-6-14-20-13-5-10-16(20)9-4-11-17(19(18)20)15-7-2-1-3-8-15/h1-4,7-9,16-17,19H,5-6,10-14H2/t16-,17+,19+,20+/m0/s1. The quantitative estimate of drug-likeness (QED) is 0.670. The molecule has 0 N–H and O–H groups in total. The van der Waals surface area contributed by atoms with E-state index in [1.54, 1.807) is 0 Å². The molecule has 0 radical (unpaired) electrons. The van der Waals surface area contributed by atoms with Crippen molar-refractivity contribution in [2.75, 3.05) is 0 Å². The molecule has 3 aliphatic carbocycles. The van der Waals surface area contributed by atoms with Crippen molar-refractivity contribution < 1.29 is 4.79 Å². The third-order valence-electron chi connectivity index (χ3n) is 6.32.